The number of nitrogen functional groups attached to an aromatic ring is 1. The van der Waals surface area contributed by atoms with Gasteiger partial charge in [-0.1, -0.05) is 6.07 Å². The summed E-state index contributed by atoms with van der Waals surface area (Å²) in [5.41, 5.74) is 10.3. The van der Waals surface area contributed by atoms with Gasteiger partial charge >= 0.3 is 0 Å². The van der Waals surface area contributed by atoms with Gasteiger partial charge in [0.2, 0.25) is 0 Å². The highest BCUT2D eigenvalue weighted by Gasteiger charge is 2.25. The molecule has 0 aliphatic carbocycles. The quantitative estimate of drug-likeness (QED) is 0.418. The number of H-pyrrole nitrogens is 2. The molecule has 1 aliphatic heterocycles. The number of nitrogens with two attached hydrogens (primary N) is 1. The van der Waals surface area contributed by atoms with Crippen LogP contribution in [0.1, 0.15) is 6.92 Å². The standard InChI is InChI=1S/C22H22N8O/c1-13-12-31-9-8-29(13)19-11-16(14-2-3-17-15(10-14)4-6-24-17)20-21(23)28-30(22(20)26-19)18-5-7-25-27-18/h2-7,10-11,13,24H,8-9,12H2,1H3,(H2,23,28)(H,25,27)/t13-/m1/s1. The van der Waals surface area contributed by atoms with E-state index >= 15 is 0 Å². The van der Waals surface area contributed by atoms with Crippen LogP contribution in [0, 0.1) is 0 Å². The molecule has 9 nitrogen and oxygen atoms in total. The average molecular weight is 414 g/mol. The first-order chi connectivity index (χ1) is 15.2. The van der Waals surface area contributed by atoms with Crippen LogP contribution in [0.3, 0.4) is 0 Å². The summed E-state index contributed by atoms with van der Waals surface area (Å²) < 4.78 is 7.36. The third-order valence-corrected chi connectivity index (χ3v) is 5.89. The molecule has 1 aromatic carbocycles. The number of aromatic amines is 2. The van der Waals surface area contributed by atoms with E-state index in [-0.39, 0.29) is 6.04 Å². The van der Waals surface area contributed by atoms with Crippen molar-refractivity contribution in [3.63, 3.8) is 0 Å². The molecule has 1 aliphatic rings. The third-order valence-electron chi connectivity index (χ3n) is 5.89. The molecule has 6 rings (SSSR count). The lowest BCUT2D eigenvalue weighted by Gasteiger charge is -2.34. The Kier molecular flexibility index (Phi) is 3.97. The number of pyridine rings is 1. The van der Waals surface area contributed by atoms with Crippen molar-refractivity contribution in [2.75, 3.05) is 30.4 Å². The SMILES string of the molecule is C[C@@H]1COCCN1c1cc(-c2ccc3[nH]ccc3c2)c2c(N)nn(-c3ccn[nH]3)c2n1. The fourth-order valence-electron chi connectivity index (χ4n) is 4.33. The molecule has 156 valence electrons. The van der Waals surface area contributed by atoms with Crippen molar-refractivity contribution < 1.29 is 4.74 Å². The van der Waals surface area contributed by atoms with Gasteiger partial charge in [0.05, 0.1) is 30.8 Å². The Morgan fingerprint density at radius 2 is 2.13 bits per heavy atom. The van der Waals surface area contributed by atoms with E-state index in [9.17, 15) is 0 Å². The highest BCUT2D eigenvalue weighted by atomic mass is 16.5. The average Bonchev–Trinajstić information content (AvgIpc) is 3.53. The van der Waals surface area contributed by atoms with Crippen molar-refractivity contribution in [3.8, 4) is 16.9 Å². The first kappa shape index (κ1) is 18.0. The molecular formula is C22H22N8O. The first-order valence-electron chi connectivity index (χ1n) is 10.3. The second kappa shape index (κ2) is 6.85. The zero-order valence-electron chi connectivity index (χ0n) is 17.0. The first-order valence-corrected chi connectivity index (χ1v) is 10.3. The summed E-state index contributed by atoms with van der Waals surface area (Å²) in [6.45, 7) is 4.28. The molecule has 4 aromatic heterocycles. The molecular weight excluding hydrogens is 392 g/mol. The maximum absolute atomic E-state index is 6.42. The van der Waals surface area contributed by atoms with Gasteiger partial charge in [-0.3, -0.25) is 5.10 Å². The molecule has 9 heteroatoms. The van der Waals surface area contributed by atoms with Crippen LogP contribution in [0.25, 0.3) is 38.9 Å². The van der Waals surface area contributed by atoms with Crippen LogP contribution in [0.5, 0.6) is 0 Å². The maximum Gasteiger partial charge on any atom is 0.169 e. The Balaban J connectivity index is 1.63. The summed E-state index contributed by atoms with van der Waals surface area (Å²) in [6, 6.07) is 12.6. The minimum absolute atomic E-state index is 0.222. The van der Waals surface area contributed by atoms with Gasteiger partial charge in [-0.25, -0.2) is 4.98 Å². The van der Waals surface area contributed by atoms with Gasteiger partial charge in [-0.2, -0.15) is 9.78 Å². The highest BCUT2D eigenvalue weighted by Crippen LogP contribution is 2.37. The molecule has 31 heavy (non-hydrogen) atoms. The highest BCUT2D eigenvalue weighted by molar-refractivity contribution is 6.03. The number of morpholine rings is 1. The van der Waals surface area contributed by atoms with Gasteiger partial charge in [0, 0.05) is 29.9 Å². The molecule has 0 radical (unpaired) electrons. The summed E-state index contributed by atoms with van der Waals surface area (Å²) in [6.07, 6.45) is 3.63. The lowest BCUT2D eigenvalue weighted by atomic mass is 10.0. The molecule has 0 amide bonds. The Morgan fingerprint density at radius 1 is 1.19 bits per heavy atom. The van der Waals surface area contributed by atoms with Crippen LogP contribution in [0.2, 0.25) is 0 Å². The predicted molar refractivity (Wildman–Crippen MR) is 120 cm³/mol. The Morgan fingerprint density at radius 3 is 2.97 bits per heavy atom. The fourth-order valence-corrected chi connectivity index (χ4v) is 4.33. The van der Waals surface area contributed by atoms with Crippen LogP contribution >= 0.6 is 0 Å². The zero-order valence-corrected chi connectivity index (χ0v) is 17.0. The van der Waals surface area contributed by atoms with E-state index in [0.717, 1.165) is 39.8 Å². The number of aromatic nitrogens is 6. The van der Waals surface area contributed by atoms with Crippen LogP contribution < -0.4 is 10.6 Å². The summed E-state index contributed by atoms with van der Waals surface area (Å²) in [5, 5.41) is 13.6. The third kappa shape index (κ3) is 2.85. The van der Waals surface area contributed by atoms with Gasteiger partial charge in [-0.15, -0.1) is 5.10 Å². The molecule has 1 fully saturated rings. The second-order valence-corrected chi connectivity index (χ2v) is 7.86. The molecule has 0 bridgehead atoms. The minimum Gasteiger partial charge on any atom is -0.382 e. The molecule has 0 unspecified atom stereocenters. The number of hydrogen-bond acceptors (Lipinski definition) is 6. The molecule has 5 heterocycles. The fraction of sp³-hybridized carbons (Fsp3) is 0.227. The van der Waals surface area contributed by atoms with Gasteiger partial charge < -0.3 is 20.4 Å². The van der Waals surface area contributed by atoms with Crippen molar-refractivity contribution in [2.45, 2.75) is 13.0 Å². The lowest BCUT2D eigenvalue weighted by Crippen LogP contribution is -2.44. The van der Waals surface area contributed by atoms with E-state index in [1.54, 1.807) is 10.9 Å². The number of anilines is 2. The summed E-state index contributed by atoms with van der Waals surface area (Å²) in [5.74, 6) is 2.03. The van der Waals surface area contributed by atoms with Crippen LogP contribution in [-0.2, 0) is 4.74 Å². The Bertz CT molecular complexity index is 1380. The maximum atomic E-state index is 6.42. The van der Waals surface area contributed by atoms with E-state index in [1.165, 1.54) is 0 Å². The predicted octanol–water partition coefficient (Wildman–Crippen LogP) is 3.10. The monoisotopic (exact) mass is 414 g/mol. The number of benzene rings is 1. The molecule has 4 N–H and O–H groups in total. The Labute approximate surface area is 177 Å². The van der Waals surface area contributed by atoms with Gasteiger partial charge in [0.25, 0.3) is 0 Å². The van der Waals surface area contributed by atoms with Gasteiger partial charge in [0.1, 0.15) is 5.82 Å². The van der Waals surface area contributed by atoms with Crippen molar-refractivity contribution in [1.82, 2.24) is 29.9 Å². The lowest BCUT2D eigenvalue weighted by molar-refractivity contribution is 0.0986. The second-order valence-electron chi connectivity index (χ2n) is 7.86. The number of fused-ring (bicyclic) bond motifs is 2. The number of nitrogens with one attached hydrogen (secondary N) is 2. The minimum atomic E-state index is 0.222. The van der Waals surface area contributed by atoms with E-state index in [4.69, 9.17) is 15.5 Å². The van der Waals surface area contributed by atoms with Gasteiger partial charge in [0.15, 0.2) is 17.3 Å². The van der Waals surface area contributed by atoms with E-state index in [2.05, 4.69) is 62.4 Å². The number of nitrogens with zero attached hydrogens (tertiary/aromatic N) is 5. The van der Waals surface area contributed by atoms with Crippen molar-refractivity contribution in [1.29, 1.82) is 0 Å². The Hall–Kier alpha value is -3.85. The van der Waals surface area contributed by atoms with Crippen LogP contribution in [0.4, 0.5) is 11.6 Å². The molecule has 0 spiro atoms. The van der Waals surface area contributed by atoms with E-state index in [1.807, 2.05) is 12.3 Å². The number of ether oxygens (including phenoxy) is 1. The van der Waals surface area contributed by atoms with Crippen LogP contribution in [-0.4, -0.2) is 55.7 Å². The number of hydrogen-bond donors (Lipinski definition) is 3. The zero-order chi connectivity index (χ0) is 20.9. The topological polar surface area (TPSA) is 114 Å². The summed E-state index contributed by atoms with van der Waals surface area (Å²) in [7, 11) is 0. The molecule has 5 aromatic rings. The van der Waals surface area contributed by atoms with Crippen molar-refractivity contribution >= 4 is 33.6 Å². The molecule has 0 saturated carbocycles. The van der Waals surface area contributed by atoms with E-state index in [0.29, 0.717) is 30.5 Å². The largest absolute Gasteiger partial charge is 0.382 e. The number of rotatable bonds is 3. The van der Waals surface area contributed by atoms with Crippen LogP contribution in [0.15, 0.2) is 48.8 Å². The molecule has 1 saturated heterocycles. The smallest absolute Gasteiger partial charge is 0.169 e. The van der Waals surface area contributed by atoms with Gasteiger partial charge in [-0.05, 0) is 42.1 Å². The van der Waals surface area contributed by atoms with E-state index < -0.39 is 0 Å². The summed E-state index contributed by atoms with van der Waals surface area (Å²) >= 11 is 0. The van der Waals surface area contributed by atoms with Crippen molar-refractivity contribution in [2.24, 2.45) is 0 Å². The molecule has 1 atom stereocenters. The normalized spacial score (nSPS) is 17.1. The van der Waals surface area contributed by atoms with Crippen molar-refractivity contribution in [3.05, 3.63) is 48.8 Å². The summed E-state index contributed by atoms with van der Waals surface area (Å²) in [4.78, 5) is 10.5.